The molecule has 2 aliphatic rings. The van der Waals surface area contributed by atoms with Crippen molar-refractivity contribution in [3.63, 3.8) is 0 Å². The van der Waals surface area contributed by atoms with Gasteiger partial charge in [0.25, 0.3) is 0 Å². The SMILES string of the molecule is N#CN1CCC(Cn2cncc2CNC2CN(Cc3cccc(Cl)c3)CCc3ccccc32)CC1. The average Bonchev–Trinajstić information content (AvgIpc) is 3.24. The Balaban J connectivity index is 1.26. The number of nitrogens with zero attached hydrogens (tertiary/aromatic N) is 5. The maximum atomic E-state index is 9.12. The zero-order valence-electron chi connectivity index (χ0n) is 20.1. The highest BCUT2D eigenvalue weighted by molar-refractivity contribution is 6.30. The number of fused-ring (bicyclic) bond motifs is 1. The van der Waals surface area contributed by atoms with E-state index in [1.54, 1.807) is 0 Å². The van der Waals surface area contributed by atoms with Crippen LogP contribution in [0, 0.1) is 17.4 Å². The molecule has 0 radical (unpaired) electrons. The van der Waals surface area contributed by atoms with Crippen molar-refractivity contribution >= 4 is 11.6 Å². The van der Waals surface area contributed by atoms with E-state index in [-0.39, 0.29) is 6.04 Å². The molecular formula is C28H33ClN6. The van der Waals surface area contributed by atoms with Crippen LogP contribution in [0.4, 0.5) is 0 Å². The second-order valence-corrected chi connectivity index (χ2v) is 10.3. The highest BCUT2D eigenvalue weighted by atomic mass is 35.5. The number of hydrogen-bond donors (Lipinski definition) is 1. The molecule has 1 atom stereocenters. The van der Waals surface area contributed by atoms with Crippen molar-refractivity contribution in [3.8, 4) is 6.19 Å². The summed E-state index contributed by atoms with van der Waals surface area (Å²) in [5.41, 5.74) is 5.30. The van der Waals surface area contributed by atoms with Crippen LogP contribution < -0.4 is 5.32 Å². The van der Waals surface area contributed by atoms with Crippen molar-refractivity contribution in [2.75, 3.05) is 26.2 Å². The Morgan fingerprint density at radius 1 is 1.09 bits per heavy atom. The number of benzene rings is 2. The molecular weight excluding hydrogens is 456 g/mol. The first-order valence-corrected chi connectivity index (χ1v) is 13.0. The van der Waals surface area contributed by atoms with E-state index in [0.29, 0.717) is 5.92 Å². The van der Waals surface area contributed by atoms with Gasteiger partial charge in [0.2, 0.25) is 0 Å². The molecule has 3 aromatic rings. The number of rotatable bonds is 7. The quantitative estimate of drug-likeness (QED) is 0.492. The highest BCUT2D eigenvalue weighted by Crippen LogP contribution is 2.26. The molecule has 2 aliphatic heterocycles. The van der Waals surface area contributed by atoms with Gasteiger partial charge in [-0.25, -0.2) is 4.98 Å². The molecule has 0 amide bonds. The second kappa shape index (κ2) is 11.3. The van der Waals surface area contributed by atoms with Gasteiger partial charge < -0.3 is 14.8 Å². The fraction of sp³-hybridized carbons (Fsp3) is 0.429. The normalized spacial score (nSPS) is 19.2. The van der Waals surface area contributed by atoms with Crippen LogP contribution in [-0.2, 0) is 26.1 Å². The third kappa shape index (κ3) is 6.05. The van der Waals surface area contributed by atoms with Crippen LogP contribution in [0.2, 0.25) is 5.02 Å². The molecule has 0 bridgehead atoms. The Morgan fingerprint density at radius 3 is 2.77 bits per heavy atom. The summed E-state index contributed by atoms with van der Waals surface area (Å²) < 4.78 is 2.30. The van der Waals surface area contributed by atoms with Gasteiger partial charge >= 0.3 is 0 Å². The van der Waals surface area contributed by atoms with Crippen LogP contribution in [0.1, 0.15) is 41.3 Å². The molecule has 35 heavy (non-hydrogen) atoms. The first kappa shape index (κ1) is 23.9. The summed E-state index contributed by atoms with van der Waals surface area (Å²) in [6.07, 6.45) is 9.40. The van der Waals surface area contributed by atoms with Gasteiger partial charge in [-0.2, -0.15) is 5.26 Å². The smallest absolute Gasteiger partial charge is 0.179 e. The van der Waals surface area contributed by atoms with Crippen molar-refractivity contribution in [2.45, 2.75) is 44.9 Å². The molecule has 5 rings (SSSR count). The van der Waals surface area contributed by atoms with Crippen LogP contribution in [0.15, 0.2) is 61.1 Å². The third-order valence-corrected chi connectivity index (χ3v) is 7.64. The summed E-state index contributed by atoms with van der Waals surface area (Å²) in [5.74, 6) is 0.597. The molecule has 7 heteroatoms. The van der Waals surface area contributed by atoms with E-state index in [0.717, 1.165) is 70.1 Å². The van der Waals surface area contributed by atoms with Gasteiger partial charge in [-0.15, -0.1) is 0 Å². The topological polar surface area (TPSA) is 60.1 Å². The number of halogens is 1. The van der Waals surface area contributed by atoms with E-state index in [2.05, 4.69) is 62.4 Å². The summed E-state index contributed by atoms with van der Waals surface area (Å²) >= 11 is 6.25. The van der Waals surface area contributed by atoms with E-state index >= 15 is 0 Å². The maximum absolute atomic E-state index is 9.12. The van der Waals surface area contributed by atoms with Crippen molar-refractivity contribution < 1.29 is 0 Å². The number of piperidine rings is 1. The summed E-state index contributed by atoms with van der Waals surface area (Å²) in [7, 11) is 0. The Morgan fingerprint density at radius 2 is 1.94 bits per heavy atom. The van der Waals surface area contributed by atoms with Gasteiger partial charge in [-0.1, -0.05) is 48.0 Å². The lowest BCUT2D eigenvalue weighted by Gasteiger charge is -2.29. The lowest BCUT2D eigenvalue weighted by molar-refractivity contribution is 0.230. The Labute approximate surface area is 213 Å². The number of hydrogen-bond acceptors (Lipinski definition) is 5. The fourth-order valence-corrected chi connectivity index (χ4v) is 5.63. The molecule has 0 saturated carbocycles. The molecule has 2 aromatic carbocycles. The molecule has 1 N–H and O–H groups in total. The van der Waals surface area contributed by atoms with Crippen molar-refractivity contribution in [1.82, 2.24) is 24.7 Å². The van der Waals surface area contributed by atoms with Gasteiger partial charge in [0.05, 0.1) is 12.0 Å². The minimum atomic E-state index is 0.245. The second-order valence-electron chi connectivity index (χ2n) is 9.82. The van der Waals surface area contributed by atoms with Gasteiger partial charge in [0.1, 0.15) is 0 Å². The lowest BCUT2D eigenvalue weighted by Crippen LogP contribution is -2.34. The van der Waals surface area contributed by atoms with E-state index in [4.69, 9.17) is 16.9 Å². The van der Waals surface area contributed by atoms with Gasteiger partial charge in [-0.05, 0) is 54.0 Å². The lowest BCUT2D eigenvalue weighted by atomic mass is 9.97. The predicted molar refractivity (Wildman–Crippen MR) is 139 cm³/mol. The number of imidazole rings is 1. The summed E-state index contributed by atoms with van der Waals surface area (Å²) in [6.45, 7) is 6.35. The summed E-state index contributed by atoms with van der Waals surface area (Å²) in [5, 5.41) is 13.8. The Bertz CT molecular complexity index is 1160. The van der Waals surface area contributed by atoms with Gasteiger partial charge in [0.15, 0.2) is 6.19 Å². The first-order valence-electron chi connectivity index (χ1n) is 12.6. The van der Waals surface area contributed by atoms with E-state index in [9.17, 15) is 0 Å². The Hall–Kier alpha value is -2.85. The maximum Gasteiger partial charge on any atom is 0.179 e. The van der Waals surface area contributed by atoms with Crippen LogP contribution in [0.5, 0.6) is 0 Å². The van der Waals surface area contributed by atoms with Crippen LogP contribution in [0.3, 0.4) is 0 Å². The minimum absolute atomic E-state index is 0.245. The molecule has 1 saturated heterocycles. The fourth-order valence-electron chi connectivity index (χ4n) is 5.42. The average molecular weight is 489 g/mol. The molecule has 0 spiro atoms. The zero-order chi connectivity index (χ0) is 24.0. The predicted octanol–water partition coefficient (Wildman–Crippen LogP) is 4.62. The molecule has 1 unspecified atom stereocenters. The van der Waals surface area contributed by atoms with E-state index < -0.39 is 0 Å². The monoisotopic (exact) mass is 488 g/mol. The van der Waals surface area contributed by atoms with Crippen LogP contribution in [0.25, 0.3) is 0 Å². The summed E-state index contributed by atoms with van der Waals surface area (Å²) in [4.78, 5) is 8.86. The van der Waals surface area contributed by atoms with E-state index in [1.165, 1.54) is 22.4 Å². The standard InChI is InChI=1S/C28H33ClN6/c29-25-6-3-4-23(14-25)17-34-13-10-24-5-1-2-7-27(24)28(19-34)32-16-26-15-31-21-35(26)18-22-8-11-33(20-30)12-9-22/h1-7,14-15,21-22,28,32H,8-13,16-19H2. The molecule has 3 heterocycles. The van der Waals surface area contributed by atoms with E-state index in [1.807, 2.05) is 29.6 Å². The molecule has 0 aliphatic carbocycles. The largest absolute Gasteiger partial charge is 0.333 e. The zero-order valence-corrected chi connectivity index (χ0v) is 20.9. The van der Waals surface area contributed by atoms with Gasteiger partial charge in [0, 0.05) is 63.1 Å². The first-order chi connectivity index (χ1) is 17.2. The highest BCUT2D eigenvalue weighted by Gasteiger charge is 2.24. The third-order valence-electron chi connectivity index (χ3n) is 7.40. The summed E-state index contributed by atoms with van der Waals surface area (Å²) in [6, 6.07) is 17.3. The van der Waals surface area contributed by atoms with Crippen LogP contribution >= 0.6 is 11.6 Å². The number of nitriles is 1. The number of aromatic nitrogens is 2. The van der Waals surface area contributed by atoms with Gasteiger partial charge in [-0.3, -0.25) is 4.90 Å². The molecule has 1 fully saturated rings. The molecule has 1 aromatic heterocycles. The van der Waals surface area contributed by atoms with Crippen molar-refractivity contribution in [2.24, 2.45) is 5.92 Å². The minimum Gasteiger partial charge on any atom is -0.333 e. The Kier molecular flexibility index (Phi) is 7.68. The number of likely N-dealkylation sites (tertiary alicyclic amines) is 1. The van der Waals surface area contributed by atoms with Crippen LogP contribution in [-0.4, -0.2) is 45.5 Å². The number of nitrogens with one attached hydrogen (secondary N) is 1. The molecule has 6 nitrogen and oxygen atoms in total. The molecule has 182 valence electrons. The van der Waals surface area contributed by atoms with Crippen molar-refractivity contribution in [1.29, 1.82) is 5.26 Å². The van der Waals surface area contributed by atoms with Crippen molar-refractivity contribution in [3.05, 3.63) is 88.5 Å².